The van der Waals surface area contributed by atoms with Gasteiger partial charge in [-0.25, -0.2) is 4.98 Å². The van der Waals surface area contributed by atoms with Crippen LogP contribution in [0.2, 0.25) is 0 Å². The lowest BCUT2D eigenvalue weighted by molar-refractivity contribution is 0.0827. The van der Waals surface area contributed by atoms with E-state index in [9.17, 15) is 4.79 Å². The van der Waals surface area contributed by atoms with Crippen molar-refractivity contribution in [1.82, 2.24) is 20.5 Å². The minimum atomic E-state index is 0.00822. The molecule has 0 aliphatic carbocycles. The Morgan fingerprint density at radius 2 is 1.65 bits per heavy atom. The van der Waals surface area contributed by atoms with E-state index in [0.29, 0.717) is 18.7 Å². The van der Waals surface area contributed by atoms with Crippen molar-refractivity contribution in [2.75, 3.05) is 39.1 Å². The maximum Gasteiger partial charge on any atom is 0.253 e. The molecule has 1 saturated heterocycles. The molecule has 1 amide bonds. The Morgan fingerprint density at radius 3 is 2.26 bits per heavy atom. The zero-order chi connectivity index (χ0) is 22.1. The Kier molecular flexibility index (Phi) is 8.27. The highest BCUT2D eigenvalue weighted by Gasteiger charge is 2.11. The number of nitrogens with one attached hydrogen (secondary N) is 2. The number of aliphatic imine (C=N–C) groups is 1. The van der Waals surface area contributed by atoms with Crippen LogP contribution in [0.1, 0.15) is 47.2 Å². The molecule has 1 aliphatic heterocycles. The first kappa shape index (κ1) is 22.6. The van der Waals surface area contributed by atoms with Crippen LogP contribution in [0.3, 0.4) is 0 Å². The van der Waals surface area contributed by atoms with Gasteiger partial charge in [-0.15, -0.1) is 0 Å². The molecule has 1 aromatic heterocycles. The second-order valence-corrected chi connectivity index (χ2v) is 8.10. The highest BCUT2D eigenvalue weighted by molar-refractivity contribution is 5.93. The molecule has 0 bridgehead atoms. The van der Waals surface area contributed by atoms with Gasteiger partial charge in [0.15, 0.2) is 5.96 Å². The summed E-state index contributed by atoms with van der Waals surface area (Å²) in [5.74, 6) is 1.81. The summed E-state index contributed by atoms with van der Waals surface area (Å²) < 4.78 is 0. The first-order valence-corrected chi connectivity index (χ1v) is 11.0. The third-order valence-electron chi connectivity index (χ3n) is 5.49. The van der Waals surface area contributed by atoms with Gasteiger partial charge >= 0.3 is 0 Å². The fraction of sp³-hybridized carbons (Fsp3) is 0.458. The number of aromatic nitrogens is 1. The van der Waals surface area contributed by atoms with E-state index in [2.05, 4.69) is 31.6 Å². The molecule has 3 rings (SSSR count). The smallest absolute Gasteiger partial charge is 0.253 e. The van der Waals surface area contributed by atoms with E-state index >= 15 is 0 Å². The monoisotopic (exact) mass is 422 g/mol. The number of anilines is 1. The van der Waals surface area contributed by atoms with Crippen LogP contribution in [0.5, 0.6) is 0 Å². The topological polar surface area (TPSA) is 72.9 Å². The second kappa shape index (κ2) is 11.3. The maximum absolute atomic E-state index is 12.0. The van der Waals surface area contributed by atoms with E-state index in [1.807, 2.05) is 36.5 Å². The molecule has 2 heterocycles. The number of amides is 1. The number of carbonyl (C=O) groups excluding carboxylic acids is 1. The summed E-state index contributed by atoms with van der Waals surface area (Å²) in [4.78, 5) is 24.9. The molecule has 7 nitrogen and oxygen atoms in total. The first-order chi connectivity index (χ1) is 15.1. The zero-order valence-electron chi connectivity index (χ0n) is 18.9. The minimum absolute atomic E-state index is 0.00822. The maximum atomic E-state index is 12.0. The Labute approximate surface area is 185 Å². The van der Waals surface area contributed by atoms with E-state index in [1.165, 1.54) is 31.2 Å². The normalized spacial score (nSPS) is 14.7. The Bertz CT molecular complexity index is 870. The Morgan fingerprint density at radius 1 is 1.00 bits per heavy atom. The molecule has 0 unspecified atom stereocenters. The van der Waals surface area contributed by atoms with E-state index in [4.69, 9.17) is 0 Å². The second-order valence-electron chi connectivity index (χ2n) is 8.10. The van der Waals surface area contributed by atoms with Gasteiger partial charge in [-0.3, -0.25) is 9.79 Å². The highest BCUT2D eigenvalue weighted by atomic mass is 16.2. The van der Waals surface area contributed by atoms with E-state index in [0.717, 1.165) is 30.4 Å². The molecule has 2 N–H and O–H groups in total. The Hall–Kier alpha value is -3.09. The SMILES string of the molecule is CN=C(NCc1ccc(C(=O)N(C)C)cc1)NCc1ccnc(N2CCCCCC2)c1. The van der Waals surface area contributed by atoms with Crippen molar-refractivity contribution in [2.45, 2.75) is 38.8 Å². The molecule has 0 radical (unpaired) electrons. The minimum Gasteiger partial charge on any atom is -0.357 e. The molecule has 1 fully saturated rings. The van der Waals surface area contributed by atoms with Gasteiger partial charge in [0.1, 0.15) is 5.82 Å². The molecular weight excluding hydrogens is 388 g/mol. The Balaban J connectivity index is 1.51. The number of benzene rings is 1. The number of carbonyl (C=O) groups is 1. The molecule has 0 spiro atoms. The predicted molar refractivity (Wildman–Crippen MR) is 126 cm³/mol. The number of rotatable bonds is 6. The van der Waals surface area contributed by atoms with Crippen molar-refractivity contribution in [3.63, 3.8) is 0 Å². The van der Waals surface area contributed by atoms with Crippen LogP contribution >= 0.6 is 0 Å². The molecule has 166 valence electrons. The van der Waals surface area contributed by atoms with Crippen LogP contribution < -0.4 is 15.5 Å². The molecule has 0 atom stereocenters. The van der Waals surface area contributed by atoms with Crippen molar-refractivity contribution in [1.29, 1.82) is 0 Å². The summed E-state index contributed by atoms with van der Waals surface area (Å²) in [5, 5.41) is 6.71. The van der Waals surface area contributed by atoms with Crippen LogP contribution in [-0.4, -0.2) is 56.0 Å². The van der Waals surface area contributed by atoms with Gasteiger partial charge in [-0.05, 0) is 48.2 Å². The van der Waals surface area contributed by atoms with Crippen LogP contribution in [0.25, 0.3) is 0 Å². The summed E-state index contributed by atoms with van der Waals surface area (Å²) in [7, 11) is 5.28. The van der Waals surface area contributed by atoms with Crippen molar-refractivity contribution < 1.29 is 4.79 Å². The number of pyridine rings is 1. The van der Waals surface area contributed by atoms with Crippen LogP contribution in [0, 0.1) is 0 Å². The van der Waals surface area contributed by atoms with E-state index in [1.54, 1.807) is 26.0 Å². The molecule has 7 heteroatoms. The molecule has 0 saturated carbocycles. The first-order valence-electron chi connectivity index (χ1n) is 11.0. The van der Waals surface area contributed by atoms with Gasteiger partial charge in [0, 0.05) is 59.1 Å². The lowest BCUT2D eigenvalue weighted by atomic mass is 10.1. The standard InChI is InChI=1S/C24H34N6O/c1-25-24(27-17-19-8-10-21(11-9-19)23(31)29(2)3)28-18-20-12-13-26-22(16-20)30-14-6-4-5-7-15-30/h8-13,16H,4-7,14-15,17-18H2,1-3H3,(H2,25,27,28). The number of hydrogen-bond donors (Lipinski definition) is 2. The van der Waals surface area contributed by atoms with Gasteiger partial charge in [-0.2, -0.15) is 0 Å². The van der Waals surface area contributed by atoms with Gasteiger partial charge in [0.25, 0.3) is 5.91 Å². The number of hydrogen-bond acceptors (Lipinski definition) is 4. The van der Waals surface area contributed by atoms with Crippen molar-refractivity contribution in [3.05, 3.63) is 59.3 Å². The average molecular weight is 423 g/mol. The van der Waals surface area contributed by atoms with Gasteiger partial charge in [-0.1, -0.05) is 25.0 Å². The molecular formula is C24H34N6O. The molecule has 1 aromatic carbocycles. The largest absolute Gasteiger partial charge is 0.357 e. The summed E-state index contributed by atoms with van der Waals surface area (Å²) >= 11 is 0. The van der Waals surface area contributed by atoms with Crippen LogP contribution in [-0.2, 0) is 13.1 Å². The van der Waals surface area contributed by atoms with E-state index in [-0.39, 0.29) is 5.91 Å². The fourth-order valence-electron chi connectivity index (χ4n) is 3.66. The average Bonchev–Trinajstić information content (AvgIpc) is 3.09. The van der Waals surface area contributed by atoms with Gasteiger partial charge in [0.2, 0.25) is 0 Å². The molecule has 31 heavy (non-hydrogen) atoms. The van der Waals surface area contributed by atoms with Gasteiger partial charge in [0.05, 0.1) is 0 Å². The summed E-state index contributed by atoms with van der Waals surface area (Å²) in [5.41, 5.74) is 2.96. The summed E-state index contributed by atoms with van der Waals surface area (Å²) in [6.45, 7) is 3.49. The predicted octanol–water partition coefficient (Wildman–Crippen LogP) is 3.03. The van der Waals surface area contributed by atoms with Gasteiger partial charge < -0.3 is 20.4 Å². The fourth-order valence-corrected chi connectivity index (χ4v) is 3.66. The lowest BCUT2D eigenvalue weighted by Crippen LogP contribution is -2.36. The third kappa shape index (κ3) is 6.70. The third-order valence-corrected chi connectivity index (χ3v) is 5.49. The zero-order valence-corrected chi connectivity index (χ0v) is 18.9. The van der Waals surface area contributed by atoms with Crippen molar-refractivity contribution in [2.24, 2.45) is 4.99 Å². The molecule has 1 aliphatic rings. The van der Waals surface area contributed by atoms with Crippen molar-refractivity contribution in [3.8, 4) is 0 Å². The lowest BCUT2D eigenvalue weighted by Gasteiger charge is -2.22. The number of guanidine groups is 1. The van der Waals surface area contributed by atoms with Crippen molar-refractivity contribution >= 4 is 17.7 Å². The quantitative estimate of drug-likeness (QED) is 0.553. The van der Waals surface area contributed by atoms with Crippen LogP contribution in [0.4, 0.5) is 5.82 Å². The number of nitrogens with zero attached hydrogens (tertiary/aromatic N) is 4. The van der Waals surface area contributed by atoms with E-state index < -0.39 is 0 Å². The highest BCUT2D eigenvalue weighted by Crippen LogP contribution is 2.18. The summed E-state index contributed by atoms with van der Waals surface area (Å²) in [6, 6.07) is 11.9. The van der Waals surface area contributed by atoms with Crippen LogP contribution in [0.15, 0.2) is 47.6 Å². The summed E-state index contributed by atoms with van der Waals surface area (Å²) in [6.07, 6.45) is 7.00. The molecule has 2 aromatic rings.